The number of aliphatic carboxylic acids is 1. The SMILES string of the molecule is Cc1ccc(S(=O)(=O)N[C@@H](CC(=O)O)c2ccco2)cc1. The van der Waals surface area contributed by atoms with Gasteiger partial charge >= 0.3 is 5.97 Å². The van der Waals surface area contributed by atoms with Crippen molar-refractivity contribution in [3.8, 4) is 0 Å². The van der Waals surface area contributed by atoms with E-state index in [1.165, 1.54) is 24.5 Å². The van der Waals surface area contributed by atoms with Crippen molar-refractivity contribution in [1.82, 2.24) is 4.72 Å². The lowest BCUT2D eigenvalue weighted by Gasteiger charge is -2.15. The molecule has 2 rings (SSSR count). The van der Waals surface area contributed by atoms with Crippen LogP contribution in [0.2, 0.25) is 0 Å². The van der Waals surface area contributed by atoms with Gasteiger partial charge in [-0.3, -0.25) is 4.79 Å². The highest BCUT2D eigenvalue weighted by atomic mass is 32.2. The van der Waals surface area contributed by atoms with Gasteiger partial charge in [0, 0.05) is 0 Å². The lowest BCUT2D eigenvalue weighted by atomic mass is 10.2. The molecule has 0 aliphatic carbocycles. The topological polar surface area (TPSA) is 96.6 Å². The van der Waals surface area contributed by atoms with E-state index in [1.54, 1.807) is 18.2 Å². The van der Waals surface area contributed by atoms with E-state index in [0.29, 0.717) is 0 Å². The summed E-state index contributed by atoms with van der Waals surface area (Å²) in [7, 11) is -3.82. The minimum absolute atomic E-state index is 0.0787. The van der Waals surface area contributed by atoms with Crippen molar-refractivity contribution < 1.29 is 22.7 Å². The lowest BCUT2D eigenvalue weighted by molar-refractivity contribution is -0.137. The van der Waals surface area contributed by atoms with Crippen LogP contribution in [0.1, 0.15) is 23.8 Å². The quantitative estimate of drug-likeness (QED) is 0.851. The number of furan rings is 1. The highest BCUT2D eigenvalue weighted by molar-refractivity contribution is 7.89. The van der Waals surface area contributed by atoms with Crippen LogP contribution in [0.25, 0.3) is 0 Å². The number of rotatable bonds is 6. The Labute approximate surface area is 122 Å². The number of carboxylic acid groups (broad SMARTS) is 1. The summed E-state index contributed by atoms with van der Waals surface area (Å²) in [6, 6.07) is 8.44. The minimum atomic E-state index is -3.82. The van der Waals surface area contributed by atoms with Crippen molar-refractivity contribution in [3.05, 3.63) is 54.0 Å². The van der Waals surface area contributed by atoms with Gasteiger partial charge in [-0.15, -0.1) is 0 Å². The summed E-state index contributed by atoms with van der Waals surface area (Å²) in [4.78, 5) is 11.0. The van der Waals surface area contributed by atoms with Crippen molar-refractivity contribution in [2.45, 2.75) is 24.3 Å². The van der Waals surface area contributed by atoms with E-state index in [4.69, 9.17) is 9.52 Å². The fourth-order valence-corrected chi connectivity index (χ4v) is 3.04. The Morgan fingerprint density at radius 2 is 1.95 bits per heavy atom. The molecular formula is C14H15NO5S. The van der Waals surface area contributed by atoms with Crippen LogP contribution in [-0.2, 0) is 14.8 Å². The van der Waals surface area contributed by atoms with E-state index in [-0.39, 0.29) is 10.7 Å². The van der Waals surface area contributed by atoms with Crippen LogP contribution in [0.5, 0.6) is 0 Å². The fourth-order valence-electron chi connectivity index (χ4n) is 1.84. The molecule has 0 spiro atoms. The Kier molecular flexibility index (Phi) is 4.44. The molecule has 0 saturated carbocycles. The molecule has 21 heavy (non-hydrogen) atoms. The van der Waals surface area contributed by atoms with E-state index in [0.717, 1.165) is 5.56 Å². The summed E-state index contributed by atoms with van der Waals surface area (Å²) < 4.78 is 32.0. The molecule has 0 saturated heterocycles. The van der Waals surface area contributed by atoms with Crippen molar-refractivity contribution in [1.29, 1.82) is 0 Å². The predicted octanol–water partition coefficient (Wildman–Crippen LogP) is 2.08. The molecule has 0 amide bonds. The Bertz CT molecular complexity index is 704. The van der Waals surface area contributed by atoms with Crippen LogP contribution >= 0.6 is 0 Å². The molecule has 1 aromatic heterocycles. The average molecular weight is 309 g/mol. The van der Waals surface area contributed by atoms with Crippen LogP contribution in [0.3, 0.4) is 0 Å². The standard InChI is InChI=1S/C14H15NO5S/c1-10-4-6-11(7-5-10)21(18,19)15-12(9-14(16)17)13-3-2-8-20-13/h2-8,12,15H,9H2,1H3,(H,16,17)/t12-/m0/s1. The van der Waals surface area contributed by atoms with Gasteiger partial charge in [0.25, 0.3) is 0 Å². The number of carbonyl (C=O) groups is 1. The molecule has 1 heterocycles. The third-order valence-corrected chi connectivity index (χ3v) is 4.38. The number of hydrogen-bond donors (Lipinski definition) is 2. The first kappa shape index (κ1) is 15.3. The van der Waals surface area contributed by atoms with Gasteiger partial charge in [0.2, 0.25) is 10.0 Å². The number of sulfonamides is 1. The Morgan fingerprint density at radius 1 is 1.29 bits per heavy atom. The molecule has 7 heteroatoms. The summed E-state index contributed by atoms with van der Waals surface area (Å²) in [6.07, 6.45) is 0.961. The summed E-state index contributed by atoms with van der Waals surface area (Å²) in [5.74, 6) is -0.865. The fraction of sp³-hybridized carbons (Fsp3) is 0.214. The first-order chi connectivity index (χ1) is 9.88. The van der Waals surface area contributed by atoms with E-state index >= 15 is 0 Å². The summed E-state index contributed by atoms with van der Waals surface area (Å²) in [6.45, 7) is 1.85. The number of nitrogens with one attached hydrogen (secondary N) is 1. The van der Waals surface area contributed by atoms with Crippen LogP contribution < -0.4 is 4.72 Å². The normalized spacial score (nSPS) is 13.0. The highest BCUT2D eigenvalue weighted by Gasteiger charge is 2.25. The molecule has 1 aromatic carbocycles. The molecule has 0 aliphatic heterocycles. The van der Waals surface area contributed by atoms with E-state index in [9.17, 15) is 13.2 Å². The molecule has 2 N–H and O–H groups in total. The molecule has 0 radical (unpaired) electrons. The maximum Gasteiger partial charge on any atom is 0.305 e. The van der Waals surface area contributed by atoms with Crippen molar-refractivity contribution in [2.24, 2.45) is 0 Å². The van der Waals surface area contributed by atoms with E-state index in [2.05, 4.69) is 4.72 Å². The van der Waals surface area contributed by atoms with Crippen molar-refractivity contribution in [2.75, 3.05) is 0 Å². The number of benzene rings is 1. The number of aryl methyl sites for hydroxylation is 1. The molecular weight excluding hydrogens is 294 g/mol. The van der Waals surface area contributed by atoms with Gasteiger partial charge in [-0.25, -0.2) is 8.42 Å². The molecule has 6 nitrogen and oxygen atoms in total. The smallest absolute Gasteiger partial charge is 0.305 e. The van der Waals surface area contributed by atoms with Gasteiger partial charge in [0.05, 0.1) is 23.6 Å². The number of carboxylic acids is 1. The Balaban J connectivity index is 2.27. The van der Waals surface area contributed by atoms with Crippen LogP contribution in [-0.4, -0.2) is 19.5 Å². The van der Waals surface area contributed by atoms with Gasteiger partial charge in [0.1, 0.15) is 5.76 Å². The summed E-state index contributed by atoms with van der Waals surface area (Å²) in [5, 5.41) is 8.91. The zero-order valence-corrected chi connectivity index (χ0v) is 12.1. The predicted molar refractivity (Wildman–Crippen MR) is 75.2 cm³/mol. The first-order valence-corrected chi connectivity index (χ1v) is 7.71. The molecule has 0 bridgehead atoms. The summed E-state index contributed by atoms with van der Waals surface area (Å²) >= 11 is 0. The van der Waals surface area contributed by atoms with Crippen molar-refractivity contribution in [3.63, 3.8) is 0 Å². The average Bonchev–Trinajstić information content (AvgIpc) is 2.91. The third-order valence-electron chi connectivity index (χ3n) is 2.89. The first-order valence-electron chi connectivity index (χ1n) is 6.22. The maximum atomic E-state index is 12.3. The number of hydrogen-bond acceptors (Lipinski definition) is 4. The monoisotopic (exact) mass is 309 g/mol. The zero-order valence-electron chi connectivity index (χ0n) is 11.3. The Morgan fingerprint density at radius 3 is 2.48 bits per heavy atom. The van der Waals surface area contributed by atoms with Crippen LogP contribution in [0.4, 0.5) is 0 Å². The van der Waals surface area contributed by atoms with E-state index < -0.39 is 28.5 Å². The molecule has 2 aromatic rings. The van der Waals surface area contributed by atoms with Crippen molar-refractivity contribution >= 4 is 16.0 Å². The molecule has 112 valence electrons. The Hall–Kier alpha value is -2.12. The largest absolute Gasteiger partial charge is 0.481 e. The minimum Gasteiger partial charge on any atom is -0.481 e. The summed E-state index contributed by atoms with van der Waals surface area (Å²) in [5.41, 5.74) is 0.932. The van der Waals surface area contributed by atoms with Gasteiger partial charge in [0.15, 0.2) is 0 Å². The van der Waals surface area contributed by atoms with Gasteiger partial charge < -0.3 is 9.52 Å². The van der Waals surface area contributed by atoms with E-state index in [1.807, 2.05) is 6.92 Å². The molecule has 0 fully saturated rings. The third kappa shape index (κ3) is 3.93. The molecule has 0 unspecified atom stereocenters. The molecule has 0 aliphatic rings. The maximum absolute atomic E-state index is 12.3. The second-order valence-corrected chi connectivity index (χ2v) is 6.31. The van der Waals surface area contributed by atoms with Crippen LogP contribution in [0, 0.1) is 6.92 Å². The second kappa shape index (κ2) is 6.11. The van der Waals surface area contributed by atoms with Crippen LogP contribution in [0.15, 0.2) is 52.0 Å². The van der Waals surface area contributed by atoms with Gasteiger partial charge in [-0.2, -0.15) is 4.72 Å². The lowest BCUT2D eigenvalue weighted by Crippen LogP contribution is -2.30. The van der Waals surface area contributed by atoms with Gasteiger partial charge in [-0.1, -0.05) is 17.7 Å². The zero-order chi connectivity index (χ0) is 15.5. The molecule has 1 atom stereocenters. The second-order valence-electron chi connectivity index (χ2n) is 4.60. The van der Waals surface area contributed by atoms with Gasteiger partial charge in [-0.05, 0) is 31.2 Å². The highest BCUT2D eigenvalue weighted by Crippen LogP contribution is 2.21.